The Kier molecular flexibility index (Phi) is 82.7. The molecule has 28 heteroatoms. The third-order valence-corrected chi connectivity index (χ3v) is 20.7. The molecule has 15 N–H and O–H groups in total. The van der Waals surface area contributed by atoms with Gasteiger partial charge in [0.2, 0.25) is 23.1 Å². The van der Waals surface area contributed by atoms with E-state index in [4.69, 9.17) is 0 Å². The van der Waals surface area contributed by atoms with Crippen molar-refractivity contribution in [2.24, 2.45) is 29.6 Å². The Bertz CT molecular complexity index is 4510. The molecule has 0 amide bonds. The maximum atomic E-state index is 12.9. The molecule has 4 atom stereocenters. The Balaban J connectivity index is -0.000000190. The fraction of sp³-hybridized carbons (Fsp3) is 0.547. The fourth-order valence-corrected chi connectivity index (χ4v) is 13.4. The van der Waals surface area contributed by atoms with Gasteiger partial charge in [-0.3, -0.25) is 43.2 Å². The summed E-state index contributed by atoms with van der Waals surface area (Å²) in [5, 5.41) is 160. The minimum absolute atomic E-state index is 0. The molecule has 4 aliphatic rings. The number of allylic oxidation sites excluding steroid dienone is 20. The zero-order valence-electron chi connectivity index (χ0n) is 91.1. The summed E-state index contributed by atoms with van der Waals surface area (Å²) in [6, 6.07) is 0. The van der Waals surface area contributed by atoms with Crippen molar-refractivity contribution in [1.82, 2.24) is 0 Å². The van der Waals surface area contributed by atoms with Crippen LogP contribution >= 0.6 is 61.2 Å². The van der Waals surface area contributed by atoms with E-state index in [1.807, 2.05) is 206 Å². The SMILES string of the molecule is C.C.C.C.C=C.CC.CC.CC.CC(C)=CCC1=C(O)C(O)(CC=C(C)C)C(=O)C(C(=O)CC(C)C)=C1O.CC(C)=CCC1=C(O)[C@@](O)(CC=C(C)C)C(=O)C(C(=O)CC(C)C)=C1O.CC(C)=CCC1=C(O)[C@@](O)(CC=C(C)C)C(=O)C(C(=O)CC(C)C)=C1O.CC(C)=CCC1=C(O)[C@](O)(CC=C(C)C)C(=O)C(C(=O)CC(C)C)=C1O.CC(C)=CCc1c(O)c(CC=C(C)C)c(O)c(C(=O)CC(C)C)c1O.I.I[I-]I. The molecular formula is C117H189I4O24-. The number of hydrogen-bond acceptors (Lipinski definition) is 24. The van der Waals surface area contributed by atoms with Crippen molar-refractivity contribution in [2.75, 3.05) is 0 Å². The molecule has 0 aromatic heterocycles. The van der Waals surface area contributed by atoms with Gasteiger partial charge in [-0.25, -0.2) is 0 Å². The first kappa shape index (κ1) is 157. The molecule has 0 heterocycles. The van der Waals surface area contributed by atoms with Crippen molar-refractivity contribution in [1.29, 1.82) is 0 Å². The first-order chi connectivity index (χ1) is 64.6. The molecule has 24 nitrogen and oxygen atoms in total. The Morgan fingerprint density at radius 3 is 0.552 bits per heavy atom. The van der Waals surface area contributed by atoms with E-state index in [0.717, 1.165) is 55.7 Å². The summed E-state index contributed by atoms with van der Waals surface area (Å²) in [6.45, 7) is 73.4. The second kappa shape index (κ2) is 76.4. The van der Waals surface area contributed by atoms with Gasteiger partial charge in [-0.1, -0.05) is 257 Å². The Labute approximate surface area is 919 Å². The minimum atomic E-state index is -2.24. The number of ketones is 9. The van der Waals surface area contributed by atoms with Crippen molar-refractivity contribution in [3.8, 4) is 17.2 Å². The molecule has 1 unspecified atom stereocenters. The standard InChI is InChI=1S/4C21H30O5.C21H30O4.3C2H6.C2H4.4CH4.I3.HI/c4*1-12(2)7-8-15-18(23)17(16(22)11-14(5)6)20(25)21(26,19(15)24)10-9-13(3)4;1-12(2)7-9-15-19(23)16(10-8-13(3)4)21(25)18(20(15)24)17(22)11-14(5)6;4*1-2;;;;;1-3-2;/h4*7,9,14,23-24,26H,8,10-11H2,1-6H3;7-8,14,23-25H,9-11H2,1-6H3;3*1-2H3;1-2H2;4*1H4;;1H/q;;;;;;;;;;;;;-1;/t3*21-;;;;;;;;;;;;/m100............/s1. The van der Waals surface area contributed by atoms with Crippen LogP contribution in [-0.4, -0.2) is 151 Å². The second-order valence-corrected chi connectivity index (χ2v) is 54.6. The summed E-state index contributed by atoms with van der Waals surface area (Å²) < 4.78 is 0. The molecule has 4 aliphatic carbocycles. The molecule has 0 radical (unpaired) electrons. The summed E-state index contributed by atoms with van der Waals surface area (Å²) in [6.07, 6.45) is 18.1. The topological polar surface area (TPSA) is 457 Å². The van der Waals surface area contributed by atoms with E-state index in [2.05, 4.69) is 50.4 Å². The molecule has 0 bridgehead atoms. The summed E-state index contributed by atoms with van der Waals surface area (Å²) in [7, 11) is 0. The van der Waals surface area contributed by atoms with Crippen LogP contribution in [-0.2, 0) is 51.2 Å². The van der Waals surface area contributed by atoms with Gasteiger partial charge < -0.3 is 76.6 Å². The monoisotopic (exact) mass is 2490 g/mol. The van der Waals surface area contributed by atoms with E-state index >= 15 is 0 Å². The van der Waals surface area contributed by atoms with E-state index in [9.17, 15) is 120 Å². The Morgan fingerprint density at radius 2 is 0.414 bits per heavy atom. The number of hydrogen-bond donors (Lipinski definition) is 15. The number of carbonyl (C=O) groups excluding carboxylic acids is 9. The zero-order chi connectivity index (χ0) is 111. The van der Waals surface area contributed by atoms with Crippen LogP contribution in [0.3, 0.4) is 0 Å². The summed E-state index contributed by atoms with van der Waals surface area (Å²) in [4.78, 5) is 114. The number of phenolic OH excluding ortho intramolecular Hbond substituents is 3. The third-order valence-electron chi connectivity index (χ3n) is 20.7. The fourth-order valence-electron chi connectivity index (χ4n) is 13.4. The molecular weight excluding hydrogens is 2300 g/mol. The first-order valence-corrected chi connectivity index (χ1v) is 60.4. The van der Waals surface area contributed by atoms with Crippen LogP contribution in [0.1, 0.15) is 384 Å². The van der Waals surface area contributed by atoms with Crippen LogP contribution in [0.4, 0.5) is 0 Å². The van der Waals surface area contributed by atoms with Gasteiger partial charge in [-0.2, -0.15) is 0 Å². The molecule has 0 saturated heterocycles. The van der Waals surface area contributed by atoms with Gasteiger partial charge in [0.15, 0.2) is 51.3 Å². The molecule has 145 heavy (non-hydrogen) atoms. The third kappa shape index (κ3) is 49.5. The number of benzene rings is 1. The number of aliphatic hydroxyl groups excluding tert-OH is 8. The van der Waals surface area contributed by atoms with Gasteiger partial charge in [0, 0.05) is 91.2 Å². The van der Waals surface area contributed by atoms with E-state index in [-0.39, 0.29) is 229 Å². The molecule has 1 aromatic rings. The van der Waals surface area contributed by atoms with E-state index < -0.39 is 137 Å². The van der Waals surface area contributed by atoms with Crippen LogP contribution in [0.5, 0.6) is 17.2 Å². The van der Waals surface area contributed by atoms with Gasteiger partial charge in [-0.05, 0) is 207 Å². The van der Waals surface area contributed by atoms with Gasteiger partial charge >= 0.3 is 50.5 Å². The molecule has 0 saturated carbocycles. The van der Waals surface area contributed by atoms with Crippen LogP contribution in [0.25, 0.3) is 0 Å². The van der Waals surface area contributed by atoms with Gasteiger partial charge in [-0.15, -0.1) is 37.1 Å². The van der Waals surface area contributed by atoms with Crippen LogP contribution in [0, 0.1) is 29.6 Å². The maximum absolute atomic E-state index is 12.9. The molecule has 0 spiro atoms. The van der Waals surface area contributed by atoms with E-state index in [1.165, 1.54) is 0 Å². The zero-order valence-corrected chi connectivity index (χ0v) is 99.9. The number of rotatable bonds is 35. The molecule has 0 fully saturated rings. The predicted molar refractivity (Wildman–Crippen MR) is 624 cm³/mol. The number of carbonyl (C=O) groups is 9. The van der Waals surface area contributed by atoms with Gasteiger partial charge in [0.05, 0.1) is 0 Å². The molecule has 0 aliphatic heterocycles. The van der Waals surface area contributed by atoms with Crippen molar-refractivity contribution in [3.05, 3.63) is 237 Å². The number of halogens is 4. The van der Waals surface area contributed by atoms with E-state index in [0.29, 0.717) is 26.1 Å². The van der Waals surface area contributed by atoms with Crippen LogP contribution < -0.4 is 13.3 Å². The van der Waals surface area contributed by atoms with Crippen molar-refractivity contribution < 1.29 is 133 Å². The number of Topliss-reactive ketones (excluding diaryl/α,β-unsaturated/α-hetero) is 9. The Morgan fingerprint density at radius 1 is 0.276 bits per heavy atom. The Hall–Kier alpha value is -8.13. The van der Waals surface area contributed by atoms with E-state index in [1.54, 1.807) is 104 Å². The van der Waals surface area contributed by atoms with Crippen LogP contribution in [0.15, 0.2) is 220 Å². The average molecular weight is 2490 g/mol. The van der Waals surface area contributed by atoms with Gasteiger partial charge in [0.25, 0.3) is 0 Å². The number of phenols is 3. The van der Waals surface area contributed by atoms with Crippen molar-refractivity contribution in [3.63, 3.8) is 0 Å². The molecule has 5 rings (SSSR count). The number of aliphatic hydroxyl groups is 12. The van der Waals surface area contributed by atoms with Gasteiger partial charge in [0.1, 0.15) is 91.2 Å². The molecule has 830 valence electrons. The first-order valence-electron chi connectivity index (χ1n) is 47.8. The van der Waals surface area contributed by atoms with Crippen LogP contribution in [0.2, 0.25) is 0 Å². The molecule has 1 aromatic carbocycles. The van der Waals surface area contributed by atoms with Crippen molar-refractivity contribution >= 4 is 113 Å². The normalized spacial score (nSPS) is 16.9. The summed E-state index contributed by atoms with van der Waals surface area (Å²) in [5.41, 5.74) is -0.808. The predicted octanol–water partition coefficient (Wildman–Crippen LogP) is 27.9. The summed E-state index contributed by atoms with van der Waals surface area (Å²) in [5.74, 6) is -11.4. The summed E-state index contributed by atoms with van der Waals surface area (Å²) >= 11 is 5.30. The second-order valence-electron chi connectivity index (χ2n) is 38.4. The van der Waals surface area contributed by atoms with Crippen molar-refractivity contribution in [2.45, 2.75) is 398 Å². The number of aromatic hydroxyl groups is 3. The average Bonchev–Trinajstić information content (AvgIpc) is 0.754. The quantitative estimate of drug-likeness (QED) is 0.0130.